The summed E-state index contributed by atoms with van der Waals surface area (Å²) >= 11 is 0. The van der Waals surface area contributed by atoms with Crippen LogP contribution in [-0.2, 0) is 4.74 Å². The number of rotatable bonds is 6. The zero-order valence-electron chi connectivity index (χ0n) is 14.3. The van der Waals surface area contributed by atoms with Crippen molar-refractivity contribution < 1.29 is 19.4 Å². The van der Waals surface area contributed by atoms with Gasteiger partial charge in [0.2, 0.25) is 0 Å². The van der Waals surface area contributed by atoms with Gasteiger partial charge in [-0.15, -0.1) is 0 Å². The number of ether oxygens (including phenoxy) is 1. The molecule has 0 saturated heterocycles. The van der Waals surface area contributed by atoms with E-state index in [1.807, 2.05) is 13.8 Å². The van der Waals surface area contributed by atoms with Gasteiger partial charge in [-0.25, -0.2) is 4.79 Å². The minimum absolute atomic E-state index is 0.0375. The van der Waals surface area contributed by atoms with Gasteiger partial charge in [0.25, 0.3) is 11.4 Å². The Labute approximate surface area is 139 Å². The molecule has 0 aliphatic carbocycles. The molecule has 9 nitrogen and oxygen atoms in total. The SMILES string of the molecule is CC.CCOC(=O)c1cc(/C=C/N(C)C)c([N+](=O)[O-])cc1[N+](=O)[O-]. The number of hydrogen-bond acceptors (Lipinski definition) is 7. The first-order valence-electron chi connectivity index (χ1n) is 7.26. The molecule has 1 aromatic rings. The zero-order chi connectivity index (χ0) is 18.9. The van der Waals surface area contributed by atoms with Crippen LogP contribution in [0.5, 0.6) is 0 Å². The Hall–Kier alpha value is -2.97. The highest BCUT2D eigenvalue weighted by atomic mass is 16.6. The first-order chi connectivity index (χ1) is 11.3. The van der Waals surface area contributed by atoms with Crippen molar-refractivity contribution in [1.82, 2.24) is 4.90 Å². The van der Waals surface area contributed by atoms with Gasteiger partial charge in [-0.3, -0.25) is 20.2 Å². The lowest BCUT2D eigenvalue weighted by Crippen LogP contribution is -2.09. The normalized spacial score (nSPS) is 9.88. The molecule has 0 radical (unpaired) electrons. The number of nitro benzene ring substituents is 2. The average molecular weight is 339 g/mol. The lowest BCUT2D eigenvalue weighted by Gasteiger charge is -2.07. The van der Waals surface area contributed by atoms with Crippen molar-refractivity contribution in [1.29, 1.82) is 0 Å². The van der Waals surface area contributed by atoms with E-state index in [0.717, 1.165) is 12.1 Å². The van der Waals surface area contributed by atoms with E-state index >= 15 is 0 Å². The van der Waals surface area contributed by atoms with Gasteiger partial charge in [0.05, 0.1) is 28.1 Å². The van der Waals surface area contributed by atoms with Gasteiger partial charge in [0.15, 0.2) is 0 Å². The Balaban J connectivity index is 0.00000254. The van der Waals surface area contributed by atoms with E-state index in [1.54, 1.807) is 25.9 Å². The van der Waals surface area contributed by atoms with Gasteiger partial charge < -0.3 is 9.64 Å². The second-order valence-corrected chi connectivity index (χ2v) is 4.44. The minimum Gasteiger partial charge on any atom is -0.462 e. The standard InChI is InChI=1S/C13H15N3O6.C2H6/c1-4-22-13(17)10-7-9(5-6-14(2)3)11(15(18)19)8-12(10)16(20)21;1-2/h5-8H,4H2,1-3H3;1-2H3/b6-5+;. The number of nitrogens with zero attached hydrogens (tertiary/aromatic N) is 3. The van der Waals surface area contributed by atoms with E-state index in [4.69, 9.17) is 4.74 Å². The molecule has 24 heavy (non-hydrogen) atoms. The van der Waals surface area contributed by atoms with Crippen molar-refractivity contribution in [2.75, 3.05) is 20.7 Å². The lowest BCUT2D eigenvalue weighted by molar-refractivity contribution is -0.394. The van der Waals surface area contributed by atoms with E-state index in [9.17, 15) is 25.0 Å². The third-order valence-corrected chi connectivity index (χ3v) is 2.59. The van der Waals surface area contributed by atoms with Crippen LogP contribution in [-0.4, -0.2) is 41.4 Å². The molecule has 0 unspecified atom stereocenters. The molecule has 0 fully saturated rings. The Morgan fingerprint density at radius 1 is 1.17 bits per heavy atom. The van der Waals surface area contributed by atoms with E-state index in [0.29, 0.717) is 0 Å². The summed E-state index contributed by atoms with van der Waals surface area (Å²) in [6.45, 7) is 5.60. The van der Waals surface area contributed by atoms with Crippen LogP contribution in [0.25, 0.3) is 6.08 Å². The van der Waals surface area contributed by atoms with Gasteiger partial charge in [-0.2, -0.15) is 0 Å². The predicted molar refractivity (Wildman–Crippen MR) is 89.8 cm³/mol. The van der Waals surface area contributed by atoms with Gasteiger partial charge in [-0.05, 0) is 25.3 Å². The summed E-state index contributed by atoms with van der Waals surface area (Å²) in [5.41, 5.74) is -1.37. The number of nitro groups is 2. The topological polar surface area (TPSA) is 116 Å². The fourth-order valence-electron chi connectivity index (χ4n) is 1.64. The van der Waals surface area contributed by atoms with Crippen LogP contribution in [0.2, 0.25) is 0 Å². The molecular weight excluding hydrogens is 318 g/mol. The molecule has 0 amide bonds. The fraction of sp³-hybridized carbons (Fsp3) is 0.400. The Bertz CT molecular complexity index is 640. The molecule has 0 aliphatic heterocycles. The van der Waals surface area contributed by atoms with Gasteiger partial charge in [-0.1, -0.05) is 13.8 Å². The number of carbonyl (C=O) groups is 1. The maximum absolute atomic E-state index is 11.8. The smallest absolute Gasteiger partial charge is 0.345 e. The summed E-state index contributed by atoms with van der Waals surface area (Å²) in [4.78, 5) is 34.0. The van der Waals surface area contributed by atoms with Crippen LogP contribution >= 0.6 is 0 Å². The van der Waals surface area contributed by atoms with Crippen LogP contribution in [0, 0.1) is 20.2 Å². The van der Waals surface area contributed by atoms with Crippen molar-refractivity contribution in [3.63, 3.8) is 0 Å². The summed E-state index contributed by atoms with van der Waals surface area (Å²) in [7, 11) is 3.42. The molecule has 0 atom stereocenters. The molecule has 0 aromatic heterocycles. The molecule has 0 aliphatic rings. The second kappa shape index (κ2) is 9.93. The van der Waals surface area contributed by atoms with Crippen molar-refractivity contribution >= 4 is 23.4 Å². The minimum atomic E-state index is -0.899. The summed E-state index contributed by atoms with van der Waals surface area (Å²) in [6, 6.07) is 1.86. The zero-order valence-corrected chi connectivity index (χ0v) is 14.3. The van der Waals surface area contributed by atoms with Gasteiger partial charge in [0, 0.05) is 14.1 Å². The fourth-order valence-corrected chi connectivity index (χ4v) is 1.64. The van der Waals surface area contributed by atoms with E-state index < -0.39 is 27.2 Å². The predicted octanol–water partition coefficient (Wildman–Crippen LogP) is 3.24. The first-order valence-corrected chi connectivity index (χ1v) is 7.26. The van der Waals surface area contributed by atoms with Gasteiger partial charge in [0.1, 0.15) is 5.56 Å². The van der Waals surface area contributed by atoms with Crippen LogP contribution in [0.1, 0.15) is 36.7 Å². The maximum Gasteiger partial charge on any atom is 0.345 e. The molecule has 9 heteroatoms. The van der Waals surface area contributed by atoms with E-state index in [1.165, 1.54) is 12.3 Å². The third-order valence-electron chi connectivity index (χ3n) is 2.59. The number of benzene rings is 1. The van der Waals surface area contributed by atoms with Crippen LogP contribution in [0.3, 0.4) is 0 Å². The maximum atomic E-state index is 11.8. The highest BCUT2D eigenvalue weighted by Crippen LogP contribution is 2.30. The molecule has 0 heterocycles. The largest absolute Gasteiger partial charge is 0.462 e. The van der Waals surface area contributed by atoms with Crippen LogP contribution in [0.15, 0.2) is 18.3 Å². The highest BCUT2D eigenvalue weighted by Gasteiger charge is 2.27. The molecule has 0 spiro atoms. The lowest BCUT2D eigenvalue weighted by atomic mass is 10.1. The van der Waals surface area contributed by atoms with E-state index in [-0.39, 0.29) is 17.7 Å². The molecule has 1 rings (SSSR count). The Morgan fingerprint density at radius 2 is 1.71 bits per heavy atom. The molecule has 0 N–H and O–H groups in total. The molecule has 1 aromatic carbocycles. The summed E-state index contributed by atoms with van der Waals surface area (Å²) in [6.07, 6.45) is 2.92. The number of carbonyl (C=O) groups excluding carboxylic acids is 1. The van der Waals surface area contributed by atoms with Crippen LogP contribution < -0.4 is 0 Å². The third kappa shape index (κ3) is 5.67. The van der Waals surface area contributed by atoms with Crippen molar-refractivity contribution in [2.45, 2.75) is 20.8 Å². The molecular formula is C15H21N3O6. The summed E-state index contributed by atoms with van der Waals surface area (Å²) in [5.74, 6) is -0.899. The van der Waals surface area contributed by atoms with Gasteiger partial charge >= 0.3 is 5.97 Å². The quantitative estimate of drug-likeness (QED) is 0.443. The average Bonchev–Trinajstić information content (AvgIpc) is 2.53. The van der Waals surface area contributed by atoms with Crippen molar-refractivity contribution in [3.05, 3.63) is 49.7 Å². The summed E-state index contributed by atoms with van der Waals surface area (Å²) in [5, 5.41) is 22.1. The summed E-state index contributed by atoms with van der Waals surface area (Å²) < 4.78 is 4.75. The molecule has 0 bridgehead atoms. The Morgan fingerprint density at radius 3 is 2.12 bits per heavy atom. The molecule has 132 valence electrons. The van der Waals surface area contributed by atoms with E-state index in [2.05, 4.69) is 0 Å². The Kier molecular flexibility index (Phi) is 8.70. The molecule has 0 saturated carbocycles. The van der Waals surface area contributed by atoms with Crippen LogP contribution in [0.4, 0.5) is 11.4 Å². The second-order valence-electron chi connectivity index (χ2n) is 4.44. The monoisotopic (exact) mass is 339 g/mol. The number of hydrogen-bond donors (Lipinski definition) is 0. The number of esters is 1. The van der Waals surface area contributed by atoms with Crippen molar-refractivity contribution in [2.24, 2.45) is 0 Å². The highest BCUT2D eigenvalue weighted by molar-refractivity contribution is 5.95. The first kappa shape index (κ1) is 21.0. The van der Waals surface area contributed by atoms with Crippen molar-refractivity contribution in [3.8, 4) is 0 Å².